The van der Waals surface area contributed by atoms with Gasteiger partial charge in [0.25, 0.3) is 11.8 Å². The van der Waals surface area contributed by atoms with Crippen molar-refractivity contribution in [2.75, 3.05) is 13.1 Å². The molecule has 2 atom stereocenters. The van der Waals surface area contributed by atoms with Gasteiger partial charge in [0, 0.05) is 13.1 Å². The number of nitrogens with one attached hydrogen (secondary N) is 2. The number of hydrogen-bond acceptors (Lipinski definition) is 6. The fourth-order valence-corrected chi connectivity index (χ4v) is 2.79. The van der Waals surface area contributed by atoms with Crippen LogP contribution in [0.2, 0.25) is 0 Å². The fourth-order valence-electron chi connectivity index (χ4n) is 2.79. The number of benzene rings is 2. The van der Waals surface area contributed by atoms with Gasteiger partial charge >= 0.3 is 0 Å². The number of Topliss-reactive ketones (excluding diaryl/α,β-unsaturated/α-hetero) is 2. The highest BCUT2D eigenvalue weighted by molar-refractivity contribution is 6.39. The van der Waals surface area contributed by atoms with Crippen molar-refractivity contribution in [1.82, 2.24) is 10.6 Å². The average Bonchev–Trinajstić information content (AvgIpc) is 2.80. The van der Waals surface area contributed by atoms with Crippen LogP contribution in [0.15, 0.2) is 60.7 Å². The highest BCUT2D eigenvalue weighted by Gasteiger charge is 2.27. The number of carbonyl (C=O) groups excluding carboxylic acids is 4. The molecule has 0 heterocycles. The van der Waals surface area contributed by atoms with E-state index in [0.717, 1.165) is 0 Å². The van der Waals surface area contributed by atoms with Gasteiger partial charge in [0.1, 0.15) is 11.8 Å². The zero-order chi connectivity index (χ0) is 22.6. The monoisotopic (exact) mass is 416 g/mol. The molecule has 2 aromatic carbocycles. The molecule has 0 unspecified atom stereocenters. The lowest BCUT2D eigenvalue weighted by Gasteiger charge is -2.10. The van der Waals surface area contributed by atoms with Crippen molar-refractivity contribution in [2.24, 2.45) is 0 Å². The normalized spacial score (nSPS) is 11.8. The second-order valence-corrected chi connectivity index (χ2v) is 6.54. The lowest BCUT2D eigenvalue weighted by Crippen LogP contribution is -2.38. The van der Waals surface area contributed by atoms with Crippen LogP contribution < -0.4 is 10.6 Å². The third-order valence-corrected chi connectivity index (χ3v) is 4.42. The molecule has 31 heavy (non-hydrogen) atoms. The van der Waals surface area contributed by atoms with Gasteiger partial charge in [0.15, 0.2) is 0 Å². The first-order valence-corrected chi connectivity index (χ1v) is 9.52. The van der Waals surface area contributed by atoms with E-state index in [0.29, 0.717) is 11.1 Å². The Labute approximate surface area is 179 Å². The molecular formula is C23H20N4O4. The minimum absolute atomic E-state index is 0.0619. The molecule has 0 bridgehead atoms. The number of nitriles is 2. The predicted molar refractivity (Wildman–Crippen MR) is 110 cm³/mol. The Morgan fingerprint density at radius 2 is 1.03 bits per heavy atom. The molecule has 0 radical (unpaired) electrons. The molecule has 0 saturated heterocycles. The SMILES string of the molecule is N#C[C@H](C(=O)C(=O)NCCCNC(=O)C(=O)[C@H](C#N)c1ccccc1)c1ccccc1. The summed E-state index contributed by atoms with van der Waals surface area (Å²) < 4.78 is 0. The molecule has 0 aliphatic heterocycles. The third-order valence-electron chi connectivity index (χ3n) is 4.42. The van der Waals surface area contributed by atoms with Crippen molar-refractivity contribution in [3.05, 3.63) is 71.8 Å². The van der Waals surface area contributed by atoms with Crippen LogP contribution in [0.4, 0.5) is 0 Å². The number of hydrogen-bond donors (Lipinski definition) is 2. The van der Waals surface area contributed by atoms with E-state index in [1.165, 1.54) is 0 Å². The summed E-state index contributed by atoms with van der Waals surface area (Å²) in [6.45, 7) is 0.124. The standard InChI is InChI=1S/C23H20N4O4/c24-14-18(16-8-3-1-4-9-16)20(28)22(30)26-12-7-13-27-23(31)21(29)19(15-25)17-10-5-2-6-11-17/h1-6,8-11,18-19H,7,12-13H2,(H,26,30)(H,27,31)/t18-,19+. The lowest BCUT2D eigenvalue weighted by atomic mass is 9.95. The molecule has 156 valence electrons. The van der Waals surface area contributed by atoms with Crippen LogP contribution in [0, 0.1) is 22.7 Å². The minimum atomic E-state index is -1.19. The van der Waals surface area contributed by atoms with Gasteiger partial charge in [-0.25, -0.2) is 0 Å². The second-order valence-electron chi connectivity index (χ2n) is 6.54. The first kappa shape index (κ1) is 23.0. The van der Waals surface area contributed by atoms with Gasteiger partial charge in [0.2, 0.25) is 11.6 Å². The number of amides is 2. The van der Waals surface area contributed by atoms with Crippen LogP contribution in [-0.4, -0.2) is 36.5 Å². The van der Waals surface area contributed by atoms with Gasteiger partial charge in [-0.1, -0.05) is 60.7 Å². The molecule has 2 amide bonds. The Hall–Kier alpha value is -4.30. The first-order chi connectivity index (χ1) is 15.0. The molecule has 2 aromatic rings. The zero-order valence-corrected chi connectivity index (χ0v) is 16.6. The Morgan fingerprint density at radius 1 is 0.677 bits per heavy atom. The van der Waals surface area contributed by atoms with Crippen LogP contribution >= 0.6 is 0 Å². The van der Waals surface area contributed by atoms with Gasteiger partial charge in [-0.2, -0.15) is 10.5 Å². The highest BCUT2D eigenvalue weighted by atomic mass is 16.2. The summed E-state index contributed by atoms with van der Waals surface area (Å²) in [5.41, 5.74) is 0.864. The van der Waals surface area contributed by atoms with Crippen molar-refractivity contribution < 1.29 is 19.2 Å². The maximum absolute atomic E-state index is 12.2. The van der Waals surface area contributed by atoms with E-state index in [1.807, 2.05) is 12.1 Å². The first-order valence-electron chi connectivity index (χ1n) is 9.52. The molecule has 0 spiro atoms. The average molecular weight is 416 g/mol. The molecule has 2 rings (SSSR count). The molecule has 0 aromatic heterocycles. The van der Waals surface area contributed by atoms with Gasteiger partial charge < -0.3 is 10.6 Å². The van der Waals surface area contributed by atoms with Crippen LogP contribution in [0.3, 0.4) is 0 Å². The highest BCUT2D eigenvalue weighted by Crippen LogP contribution is 2.16. The molecule has 8 heteroatoms. The maximum atomic E-state index is 12.2. The molecule has 8 nitrogen and oxygen atoms in total. The third kappa shape index (κ3) is 6.34. The van der Waals surface area contributed by atoms with Crippen molar-refractivity contribution in [2.45, 2.75) is 18.3 Å². The summed E-state index contributed by atoms with van der Waals surface area (Å²) >= 11 is 0. The van der Waals surface area contributed by atoms with Crippen molar-refractivity contribution >= 4 is 23.4 Å². The molecule has 0 fully saturated rings. The van der Waals surface area contributed by atoms with E-state index in [2.05, 4.69) is 10.6 Å². The summed E-state index contributed by atoms with van der Waals surface area (Å²) in [6.07, 6.45) is 0.253. The van der Waals surface area contributed by atoms with Crippen molar-refractivity contribution in [3.8, 4) is 12.1 Å². The van der Waals surface area contributed by atoms with Gasteiger partial charge in [-0.3, -0.25) is 19.2 Å². The molecular weight excluding hydrogens is 396 g/mol. The smallest absolute Gasteiger partial charge is 0.289 e. The Morgan fingerprint density at radius 3 is 1.35 bits per heavy atom. The molecule has 2 N–H and O–H groups in total. The largest absolute Gasteiger partial charge is 0.349 e. The number of rotatable bonds is 10. The zero-order valence-electron chi connectivity index (χ0n) is 16.6. The second kappa shape index (κ2) is 11.6. The number of carbonyl (C=O) groups is 4. The Balaban J connectivity index is 1.77. The molecule has 0 saturated carbocycles. The van der Waals surface area contributed by atoms with E-state index >= 15 is 0 Å². The van der Waals surface area contributed by atoms with E-state index in [1.54, 1.807) is 60.7 Å². The topological polar surface area (TPSA) is 140 Å². The maximum Gasteiger partial charge on any atom is 0.289 e. The summed E-state index contributed by atoms with van der Waals surface area (Å²) in [6, 6.07) is 20.2. The summed E-state index contributed by atoms with van der Waals surface area (Å²) in [5, 5.41) is 23.2. The fraction of sp³-hybridized carbons (Fsp3) is 0.217. The van der Waals surface area contributed by atoms with Crippen molar-refractivity contribution in [3.63, 3.8) is 0 Å². The minimum Gasteiger partial charge on any atom is -0.349 e. The van der Waals surface area contributed by atoms with Crippen LogP contribution in [-0.2, 0) is 19.2 Å². The van der Waals surface area contributed by atoms with Crippen LogP contribution in [0.25, 0.3) is 0 Å². The summed E-state index contributed by atoms with van der Waals surface area (Å²) in [7, 11) is 0. The van der Waals surface area contributed by atoms with Gasteiger partial charge in [0.05, 0.1) is 12.1 Å². The van der Waals surface area contributed by atoms with E-state index in [4.69, 9.17) is 0 Å². The van der Waals surface area contributed by atoms with E-state index in [-0.39, 0.29) is 19.5 Å². The molecule has 0 aliphatic carbocycles. The quantitative estimate of drug-likeness (QED) is 0.443. The summed E-state index contributed by atoms with van der Waals surface area (Å²) in [5.74, 6) is -5.92. The van der Waals surface area contributed by atoms with E-state index in [9.17, 15) is 29.7 Å². The molecule has 0 aliphatic rings. The summed E-state index contributed by atoms with van der Waals surface area (Å²) in [4.78, 5) is 48.4. The lowest BCUT2D eigenvalue weighted by molar-refractivity contribution is -0.138. The van der Waals surface area contributed by atoms with Crippen molar-refractivity contribution in [1.29, 1.82) is 10.5 Å². The van der Waals surface area contributed by atoms with Gasteiger partial charge in [-0.05, 0) is 17.5 Å². The Kier molecular flexibility index (Phi) is 8.63. The predicted octanol–water partition coefficient (Wildman–Crippen LogP) is 1.36. The number of nitrogens with zero attached hydrogens (tertiary/aromatic N) is 2. The number of ketones is 2. The Bertz CT molecular complexity index is 940. The van der Waals surface area contributed by atoms with Crippen LogP contribution in [0.1, 0.15) is 29.4 Å². The van der Waals surface area contributed by atoms with Crippen LogP contribution in [0.5, 0.6) is 0 Å². The van der Waals surface area contributed by atoms with E-state index < -0.39 is 35.2 Å². The van der Waals surface area contributed by atoms with Gasteiger partial charge in [-0.15, -0.1) is 0 Å².